The zero-order valence-electron chi connectivity index (χ0n) is 6.64. The molecule has 0 nitrogen and oxygen atoms in total. The molecule has 2 atom stereocenters. The van der Waals surface area contributed by atoms with E-state index in [0.29, 0.717) is 10.6 Å². The molecule has 0 radical (unpaired) electrons. The second-order valence-electron chi connectivity index (χ2n) is 2.25. The minimum atomic E-state index is 0.315. The van der Waals surface area contributed by atoms with Crippen LogP contribution in [0.2, 0.25) is 0 Å². The lowest BCUT2D eigenvalue weighted by molar-refractivity contribution is 0.749. The molecule has 0 amide bonds. The van der Waals surface area contributed by atoms with Gasteiger partial charge in [0.2, 0.25) is 0 Å². The van der Waals surface area contributed by atoms with Crippen molar-refractivity contribution in [1.82, 2.24) is 0 Å². The maximum atomic E-state index is 5.96. The Labute approximate surface area is 73.0 Å². The van der Waals surface area contributed by atoms with Gasteiger partial charge in [0, 0.05) is 10.6 Å². The molecule has 0 aliphatic heterocycles. The van der Waals surface area contributed by atoms with Crippen molar-refractivity contribution in [2.24, 2.45) is 0 Å². The molecule has 0 aromatic carbocycles. The lowest BCUT2D eigenvalue weighted by Crippen LogP contribution is -2.06. The molecule has 0 aliphatic rings. The Morgan fingerprint density at radius 3 is 2.60 bits per heavy atom. The van der Waals surface area contributed by atoms with Gasteiger partial charge in [0.25, 0.3) is 0 Å². The van der Waals surface area contributed by atoms with Crippen molar-refractivity contribution in [2.75, 3.05) is 6.26 Å². The molecule has 0 rings (SSSR count). The third-order valence-corrected chi connectivity index (χ3v) is 2.97. The smallest absolute Gasteiger partial charge is 0.0347 e. The standard InChI is InChI=1S/C8H15ClS/c1-4-7(9)6-8(5-2)10-3/h5,7-8H,2,4,6H2,1,3H3. The summed E-state index contributed by atoms with van der Waals surface area (Å²) < 4.78 is 0. The van der Waals surface area contributed by atoms with E-state index in [1.54, 1.807) is 0 Å². The van der Waals surface area contributed by atoms with Gasteiger partial charge < -0.3 is 0 Å². The number of alkyl halides is 1. The minimum absolute atomic E-state index is 0.315. The molecule has 60 valence electrons. The van der Waals surface area contributed by atoms with Crippen molar-refractivity contribution in [3.63, 3.8) is 0 Å². The third-order valence-electron chi connectivity index (χ3n) is 1.50. The highest BCUT2D eigenvalue weighted by molar-refractivity contribution is 7.99. The number of thioether (sulfide) groups is 1. The van der Waals surface area contributed by atoms with Crippen LogP contribution in [-0.4, -0.2) is 16.9 Å². The summed E-state index contributed by atoms with van der Waals surface area (Å²) in [6.07, 6.45) is 6.15. The average Bonchev–Trinajstić information content (AvgIpc) is 1.99. The van der Waals surface area contributed by atoms with Crippen molar-refractivity contribution in [3.8, 4) is 0 Å². The van der Waals surface area contributed by atoms with Crippen LogP contribution in [0.5, 0.6) is 0 Å². The Balaban J connectivity index is 3.51. The first-order valence-corrected chi connectivity index (χ1v) is 5.26. The normalized spacial score (nSPS) is 16.3. The highest BCUT2D eigenvalue weighted by Crippen LogP contribution is 2.18. The quantitative estimate of drug-likeness (QED) is 0.460. The van der Waals surface area contributed by atoms with Crippen molar-refractivity contribution in [1.29, 1.82) is 0 Å². The molecule has 0 bridgehead atoms. The van der Waals surface area contributed by atoms with E-state index in [0.717, 1.165) is 12.8 Å². The summed E-state index contributed by atoms with van der Waals surface area (Å²) in [5.41, 5.74) is 0. The van der Waals surface area contributed by atoms with Crippen LogP contribution in [0, 0.1) is 0 Å². The Bertz CT molecular complexity index is 93.3. The second kappa shape index (κ2) is 6.11. The average molecular weight is 179 g/mol. The van der Waals surface area contributed by atoms with E-state index < -0.39 is 0 Å². The predicted octanol–water partition coefficient (Wildman–Crippen LogP) is 3.31. The maximum Gasteiger partial charge on any atom is 0.0347 e. The summed E-state index contributed by atoms with van der Waals surface area (Å²) in [5, 5.41) is 0.845. The van der Waals surface area contributed by atoms with E-state index in [9.17, 15) is 0 Å². The molecule has 10 heavy (non-hydrogen) atoms. The number of hydrogen-bond donors (Lipinski definition) is 0. The molecule has 0 aliphatic carbocycles. The Hall–Kier alpha value is 0.380. The van der Waals surface area contributed by atoms with Gasteiger partial charge in [0.05, 0.1) is 0 Å². The van der Waals surface area contributed by atoms with Gasteiger partial charge in [0.15, 0.2) is 0 Å². The van der Waals surface area contributed by atoms with E-state index in [1.165, 1.54) is 0 Å². The van der Waals surface area contributed by atoms with Crippen LogP contribution in [0.3, 0.4) is 0 Å². The second-order valence-corrected chi connectivity index (χ2v) is 3.95. The van der Waals surface area contributed by atoms with Crippen LogP contribution in [0.1, 0.15) is 19.8 Å². The first-order valence-electron chi connectivity index (χ1n) is 3.54. The van der Waals surface area contributed by atoms with Gasteiger partial charge in [-0.05, 0) is 19.1 Å². The minimum Gasteiger partial charge on any atom is -0.158 e. The van der Waals surface area contributed by atoms with Gasteiger partial charge >= 0.3 is 0 Å². The van der Waals surface area contributed by atoms with Gasteiger partial charge in [-0.1, -0.05) is 13.0 Å². The van der Waals surface area contributed by atoms with Crippen molar-refractivity contribution >= 4 is 23.4 Å². The summed E-state index contributed by atoms with van der Waals surface area (Å²) in [6.45, 7) is 5.85. The summed E-state index contributed by atoms with van der Waals surface area (Å²) in [6, 6.07) is 0. The Morgan fingerprint density at radius 2 is 2.30 bits per heavy atom. The van der Waals surface area contributed by atoms with Crippen LogP contribution in [0.4, 0.5) is 0 Å². The van der Waals surface area contributed by atoms with Gasteiger partial charge in [-0.15, -0.1) is 18.2 Å². The number of hydrogen-bond acceptors (Lipinski definition) is 1. The van der Waals surface area contributed by atoms with E-state index in [4.69, 9.17) is 11.6 Å². The van der Waals surface area contributed by atoms with E-state index in [1.807, 2.05) is 17.8 Å². The zero-order valence-corrected chi connectivity index (χ0v) is 8.21. The zero-order chi connectivity index (χ0) is 7.98. The molecule has 0 saturated heterocycles. The van der Waals surface area contributed by atoms with E-state index in [2.05, 4.69) is 19.8 Å². The summed E-state index contributed by atoms with van der Waals surface area (Å²) in [5.74, 6) is 0. The van der Waals surface area contributed by atoms with Crippen LogP contribution < -0.4 is 0 Å². The lowest BCUT2D eigenvalue weighted by Gasteiger charge is -2.11. The molecular weight excluding hydrogens is 164 g/mol. The molecule has 2 heteroatoms. The fraction of sp³-hybridized carbons (Fsp3) is 0.750. The van der Waals surface area contributed by atoms with Gasteiger partial charge in [-0.25, -0.2) is 0 Å². The molecule has 0 saturated carbocycles. The summed E-state index contributed by atoms with van der Waals surface area (Å²) in [7, 11) is 0. The maximum absolute atomic E-state index is 5.96. The number of halogens is 1. The summed E-state index contributed by atoms with van der Waals surface area (Å²) >= 11 is 7.77. The fourth-order valence-electron chi connectivity index (χ4n) is 0.707. The summed E-state index contributed by atoms with van der Waals surface area (Å²) in [4.78, 5) is 0. The highest BCUT2D eigenvalue weighted by atomic mass is 35.5. The monoisotopic (exact) mass is 178 g/mol. The largest absolute Gasteiger partial charge is 0.158 e. The van der Waals surface area contributed by atoms with Crippen molar-refractivity contribution < 1.29 is 0 Å². The van der Waals surface area contributed by atoms with E-state index in [-0.39, 0.29) is 0 Å². The Morgan fingerprint density at radius 1 is 1.70 bits per heavy atom. The predicted molar refractivity (Wildman–Crippen MR) is 52.0 cm³/mol. The van der Waals surface area contributed by atoms with Crippen molar-refractivity contribution in [3.05, 3.63) is 12.7 Å². The van der Waals surface area contributed by atoms with Gasteiger partial charge in [-0.2, -0.15) is 11.8 Å². The van der Waals surface area contributed by atoms with Crippen LogP contribution in [0.15, 0.2) is 12.7 Å². The van der Waals surface area contributed by atoms with Crippen LogP contribution in [-0.2, 0) is 0 Å². The molecule has 2 unspecified atom stereocenters. The van der Waals surface area contributed by atoms with Gasteiger partial charge in [0.1, 0.15) is 0 Å². The SMILES string of the molecule is C=CC(CC(Cl)CC)SC. The highest BCUT2D eigenvalue weighted by Gasteiger charge is 2.07. The van der Waals surface area contributed by atoms with Crippen molar-refractivity contribution in [2.45, 2.75) is 30.4 Å². The molecule has 0 aromatic rings. The fourth-order valence-corrected chi connectivity index (χ4v) is 1.62. The first-order chi connectivity index (χ1) is 4.74. The first kappa shape index (κ1) is 10.4. The number of rotatable bonds is 5. The lowest BCUT2D eigenvalue weighted by atomic mass is 10.2. The molecule has 0 N–H and O–H groups in total. The Kier molecular flexibility index (Phi) is 6.35. The molecular formula is C8H15ClS. The third kappa shape index (κ3) is 4.24. The molecule has 0 fully saturated rings. The molecule has 0 spiro atoms. The van der Waals surface area contributed by atoms with Gasteiger partial charge in [-0.3, -0.25) is 0 Å². The van der Waals surface area contributed by atoms with Crippen LogP contribution in [0.25, 0.3) is 0 Å². The molecule has 0 heterocycles. The topological polar surface area (TPSA) is 0 Å². The molecule has 0 aromatic heterocycles. The van der Waals surface area contributed by atoms with E-state index >= 15 is 0 Å². The van der Waals surface area contributed by atoms with Crippen LogP contribution >= 0.6 is 23.4 Å².